The Morgan fingerprint density at radius 3 is 2.88 bits per heavy atom. The molecule has 6 nitrogen and oxygen atoms in total. The first-order valence-corrected chi connectivity index (χ1v) is 9.09. The second-order valence-electron chi connectivity index (χ2n) is 7.07. The molecule has 0 radical (unpaired) electrons. The number of hydrogen-bond acceptors (Lipinski definition) is 3. The van der Waals surface area contributed by atoms with Crippen LogP contribution in [0.1, 0.15) is 44.8 Å². The number of piperidine rings is 1. The maximum Gasteiger partial charge on any atom is 0.193 e. The fourth-order valence-corrected chi connectivity index (χ4v) is 3.70. The molecule has 24 heavy (non-hydrogen) atoms. The van der Waals surface area contributed by atoms with Crippen molar-refractivity contribution in [2.45, 2.75) is 53.0 Å². The van der Waals surface area contributed by atoms with Gasteiger partial charge in [0, 0.05) is 39.1 Å². The topological polar surface area (TPSA) is 58.3 Å². The first-order valence-electron chi connectivity index (χ1n) is 9.09. The Bertz CT molecular complexity index is 555. The standard InChI is InChI=1S/C17H30N6.HI/c1-4-18-17(22-9-5-6-13(2)11-22)19-10-15-7-8-16-21-20-14(3)23(16)12-15;/h13,15H,4-12H2,1-3H3,(H,18,19);1H. The normalized spacial score (nSPS) is 24.3. The zero-order valence-corrected chi connectivity index (χ0v) is 17.5. The number of aryl methyl sites for hydroxylation is 2. The molecule has 0 spiro atoms. The molecule has 1 aromatic rings. The molecule has 1 N–H and O–H groups in total. The first-order chi connectivity index (χ1) is 11.2. The quantitative estimate of drug-likeness (QED) is 0.441. The second-order valence-corrected chi connectivity index (χ2v) is 7.07. The highest BCUT2D eigenvalue weighted by atomic mass is 127. The molecule has 1 saturated heterocycles. The van der Waals surface area contributed by atoms with Gasteiger partial charge in [-0.2, -0.15) is 0 Å². The van der Waals surface area contributed by atoms with Gasteiger partial charge in [-0.15, -0.1) is 34.2 Å². The van der Waals surface area contributed by atoms with E-state index in [4.69, 9.17) is 4.99 Å². The number of fused-ring (bicyclic) bond motifs is 1. The third-order valence-electron chi connectivity index (χ3n) is 5.02. The molecule has 2 atom stereocenters. The van der Waals surface area contributed by atoms with Crippen molar-refractivity contribution in [2.75, 3.05) is 26.2 Å². The van der Waals surface area contributed by atoms with Crippen molar-refractivity contribution in [1.29, 1.82) is 0 Å². The fraction of sp³-hybridized carbons (Fsp3) is 0.824. The maximum absolute atomic E-state index is 4.96. The van der Waals surface area contributed by atoms with Gasteiger partial charge < -0.3 is 14.8 Å². The zero-order valence-electron chi connectivity index (χ0n) is 15.2. The van der Waals surface area contributed by atoms with Crippen LogP contribution in [0, 0.1) is 18.8 Å². The Labute approximate surface area is 162 Å². The lowest BCUT2D eigenvalue weighted by molar-refractivity contribution is 0.264. The van der Waals surface area contributed by atoms with Gasteiger partial charge in [0.1, 0.15) is 11.6 Å². The SMILES string of the molecule is CCNC(=NCC1CCc2nnc(C)n2C1)N1CCCC(C)C1.I. The van der Waals surface area contributed by atoms with E-state index in [1.807, 2.05) is 6.92 Å². The Hall–Kier alpha value is -0.860. The van der Waals surface area contributed by atoms with E-state index in [9.17, 15) is 0 Å². The predicted molar refractivity (Wildman–Crippen MR) is 108 cm³/mol. The number of halogens is 1. The summed E-state index contributed by atoms with van der Waals surface area (Å²) in [4.78, 5) is 7.40. The lowest BCUT2D eigenvalue weighted by atomic mass is 9.99. The van der Waals surface area contributed by atoms with E-state index in [0.717, 1.165) is 69.1 Å². The van der Waals surface area contributed by atoms with Crippen molar-refractivity contribution in [3.63, 3.8) is 0 Å². The molecule has 3 heterocycles. The monoisotopic (exact) mass is 446 g/mol. The van der Waals surface area contributed by atoms with Crippen LogP contribution in [-0.4, -0.2) is 51.8 Å². The van der Waals surface area contributed by atoms with Gasteiger partial charge in [0.25, 0.3) is 0 Å². The minimum Gasteiger partial charge on any atom is -0.357 e. The van der Waals surface area contributed by atoms with Gasteiger partial charge in [0.15, 0.2) is 5.96 Å². The predicted octanol–water partition coefficient (Wildman–Crippen LogP) is 2.46. The van der Waals surface area contributed by atoms with E-state index in [1.165, 1.54) is 12.8 Å². The second kappa shape index (κ2) is 9.01. The Morgan fingerprint density at radius 2 is 2.12 bits per heavy atom. The van der Waals surface area contributed by atoms with Crippen molar-refractivity contribution in [2.24, 2.45) is 16.8 Å². The van der Waals surface area contributed by atoms with Gasteiger partial charge in [-0.05, 0) is 44.9 Å². The number of aliphatic imine (C=N–C) groups is 1. The molecule has 136 valence electrons. The van der Waals surface area contributed by atoms with E-state index in [0.29, 0.717) is 5.92 Å². The minimum atomic E-state index is 0. The zero-order chi connectivity index (χ0) is 16.2. The highest BCUT2D eigenvalue weighted by molar-refractivity contribution is 14.0. The van der Waals surface area contributed by atoms with Crippen molar-refractivity contribution >= 4 is 29.9 Å². The van der Waals surface area contributed by atoms with Crippen molar-refractivity contribution in [1.82, 2.24) is 25.0 Å². The molecule has 3 rings (SSSR count). The molecule has 0 aromatic carbocycles. The Kier molecular flexibility index (Phi) is 7.31. The van der Waals surface area contributed by atoms with Crippen LogP contribution < -0.4 is 5.32 Å². The average Bonchev–Trinajstić information content (AvgIpc) is 2.92. The molecule has 0 saturated carbocycles. The molecule has 7 heteroatoms. The van der Waals surface area contributed by atoms with Crippen LogP contribution in [-0.2, 0) is 13.0 Å². The average molecular weight is 446 g/mol. The Morgan fingerprint density at radius 1 is 1.29 bits per heavy atom. The third kappa shape index (κ3) is 4.61. The van der Waals surface area contributed by atoms with E-state index >= 15 is 0 Å². The fourth-order valence-electron chi connectivity index (χ4n) is 3.70. The summed E-state index contributed by atoms with van der Waals surface area (Å²) in [5.41, 5.74) is 0. The molecule has 0 bridgehead atoms. The lowest BCUT2D eigenvalue weighted by Gasteiger charge is -2.34. The molecule has 2 unspecified atom stereocenters. The minimum absolute atomic E-state index is 0. The summed E-state index contributed by atoms with van der Waals surface area (Å²) in [5, 5.41) is 11.9. The number of hydrogen-bond donors (Lipinski definition) is 1. The largest absolute Gasteiger partial charge is 0.357 e. The highest BCUT2D eigenvalue weighted by Gasteiger charge is 2.23. The molecule has 0 aliphatic carbocycles. The summed E-state index contributed by atoms with van der Waals surface area (Å²) >= 11 is 0. The molecular weight excluding hydrogens is 415 g/mol. The summed E-state index contributed by atoms with van der Waals surface area (Å²) in [7, 11) is 0. The molecular formula is C17H31IN6. The summed E-state index contributed by atoms with van der Waals surface area (Å²) in [5.74, 6) is 4.63. The molecule has 0 amide bonds. The van der Waals surface area contributed by atoms with Crippen molar-refractivity contribution < 1.29 is 0 Å². The maximum atomic E-state index is 4.96. The molecule has 2 aliphatic rings. The van der Waals surface area contributed by atoms with Crippen LogP contribution in [0.15, 0.2) is 4.99 Å². The molecule has 2 aliphatic heterocycles. The Balaban J connectivity index is 0.00000208. The van der Waals surface area contributed by atoms with Gasteiger partial charge in [-0.3, -0.25) is 4.99 Å². The number of guanidine groups is 1. The van der Waals surface area contributed by atoms with Gasteiger partial charge in [0.2, 0.25) is 0 Å². The highest BCUT2D eigenvalue weighted by Crippen LogP contribution is 2.20. The summed E-state index contributed by atoms with van der Waals surface area (Å²) in [6.07, 6.45) is 4.81. The van der Waals surface area contributed by atoms with E-state index in [1.54, 1.807) is 0 Å². The number of nitrogens with one attached hydrogen (secondary N) is 1. The van der Waals surface area contributed by atoms with Crippen LogP contribution in [0.3, 0.4) is 0 Å². The van der Waals surface area contributed by atoms with E-state index in [-0.39, 0.29) is 24.0 Å². The number of aromatic nitrogens is 3. The van der Waals surface area contributed by atoms with Crippen LogP contribution in [0.4, 0.5) is 0 Å². The van der Waals surface area contributed by atoms with Crippen molar-refractivity contribution in [3.8, 4) is 0 Å². The van der Waals surface area contributed by atoms with Crippen LogP contribution in [0.5, 0.6) is 0 Å². The van der Waals surface area contributed by atoms with Gasteiger partial charge in [0.05, 0.1) is 0 Å². The lowest BCUT2D eigenvalue weighted by Crippen LogP contribution is -2.46. The number of likely N-dealkylation sites (tertiary alicyclic amines) is 1. The van der Waals surface area contributed by atoms with E-state index < -0.39 is 0 Å². The molecule has 1 fully saturated rings. The van der Waals surface area contributed by atoms with Gasteiger partial charge in [-0.1, -0.05) is 6.92 Å². The summed E-state index contributed by atoms with van der Waals surface area (Å²) in [6, 6.07) is 0. The summed E-state index contributed by atoms with van der Waals surface area (Å²) < 4.78 is 2.26. The van der Waals surface area contributed by atoms with E-state index in [2.05, 4.69) is 38.8 Å². The van der Waals surface area contributed by atoms with Crippen LogP contribution in [0.2, 0.25) is 0 Å². The molecule has 1 aromatic heterocycles. The first kappa shape index (κ1) is 19.5. The van der Waals surface area contributed by atoms with Crippen LogP contribution >= 0.6 is 24.0 Å². The van der Waals surface area contributed by atoms with Gasteiger partial charge in [-0.25, -0.2) is 0 Å². The van der Waals surface area contributed by atoms with Crippen LogP contribution in [0.25, 0.3) is 0 Å². The smallest absolute Gasteiger partial charge is 0.193 e. The third-order valence-corrected chi connectivity index (χ3v) is 5.02. The number of rotatable bonds is 3. The number of nitrogens with zero attached hydrogens (tertiary/aromatic N) is 5. The van der Waals surface area contributed by atoms with Gasteiger partial charge >= 0.3 is 0 Å². The summed E-state index contributed by atoms with van der Waals surface area (Å²) in [6.45, 7) is 11.6. The van der Waals surface area contributed by atoms with Crippen molar-refractivity contribution in [3.05, 3.63) is 11.6 Å².